The molecule has 0 aliphatic rings. The van der Waals surface area contributed by atoms with Gasteiger partial charge < -0.3 is 0 Å². The number of nitrogens with one attached hydrogen (secondary N) is 1. The van der Waals surface area contributed by atoms with Gasteiger partial charge in [0.15, 0.2) is 0 Å². The number of halogens is 9. The van der Waals surface area contributed by atoms with Crippen LogP contribution in [0.15, 0.2) is 47.9 Å². The van der Waals surface area contributed by atoms with Crippen LogP contribution in [0.2, 0.25) is 0 Å². The number of rotatable bonds is 4. The average Bonchev–Trinajstić information content (AvgIpc) is 2.58. The summed E-state index contributed by atoms with van der Waals surface area (Å²) in [5, 5.41) is 0. The maximum absolute atomic E-state index is 13.3. The quantitative estimate of drug-likeness (QED) is 0.550. The SMILES string of the molecule is C=Cc1ccc(NS(=O)(=O)c2c(C(F)(F)F)cc(C(F)(F)F)cc2C(F)(F)F)cc1. The summed E-state index contributed by atoms with van der Waals surface area (Å²) in [6.07, 6.45) is -15.9. The molecule has 0 aliphatic carbocycles. The van der Waals surface area contributed by atoms with Gasteiger partial charge in [0, 0.05) is 5.69 Å². The normalized spacial score (nSPS) is 13.2. The number of anilines is 1. The Labute approximate surface area is 163 Å². The molecule has 2 aromatic rings. The van der Waals surface area contributed by atoms with E-state index in [-0.39, 0.29) is 0 Å². The van der Waals surface area contributed by atoms with Gasteiger partial charge in [-0.2, -0.15) is 39.5 Å². The van der Waals surface area contributed by atoms with E-state index in [0.717, 1.165) is 12.1 Å². The lowest BCUT2D eigenvalue weighted by Gasteiger charge is -2.21. The second-order valence-electron chi connectivity index (χ2n) is 5.83. The number of sulfonamides is 1. The van der Waals surface area contributed by atoms with Crippen molar-refractivity contribution in [1.29, 1.82) is 0 Å². The highest BCUT2D eigenvalue weighted by atomic mass is 32.2. The smallest absolute Gasteiger partial charge is 0.280 e. The van der Waals surface area contributed by atoms with Crippen LogP contribution in [0, 0.1) is 0 Å². The van der Waals surface area contributed by atoms with Crippen molar-refractivity contribution in [2.45, 2.75) is 23.4 Å². The predicted molar refractivity (Wildman–Crippen MR) is 88.8 cm³/mol. The van der Waals surface area contributed by atoms with Crippen LogP contribution in [-0.4, -0.2) is 8.42 Å². The maximum Gasteiger partial charge on any atom is 0.417 e. The molecule has 164 valence electrons. The summed E-state index contributed by atoms with van der Waals surface area (Å²) >= 11 is 0. The van der Waals surface area contributed by atoms with E-state index in [0.29, 0.717) is 5.56 Å². The summed E-state index contributed by atoms with van der Waals surface area (Å²) in [5.41, 5.74) is -7.45. The fraction of sp³-hybridized carbons (Fsp3) is 0.176. The summed E-state index contributed by atoms with van der Waals surface area (Å²) in [5.74, 6) is 0. The van der Waals surface area contributed by atoms with Gasteiger partial charge in [0.05, 0.1) is 16.7 Å². The van der Waals surface area contributed by atoms with Crippen LogP contribution in [0.4, 0.5) is 45.2 Å². The molecule has 0 atom stereocenters. The Morgan fingerprint density at radius 3 is 1.53 bits per heavy atom. The van der Waals surface area contributed by atoms with Crippen molar-refractivity contribution in [2.24, 2.45) is 0 Å². The monoisotopic (exact) mass is 463 g/mol. The molecule has 2 rings (SSSR count). The molecule has 0 bridgehead atoms. The minimum Gasteiger partial charge on any atom is -0.280 e. The lowest BCUT2D eigenvalue weighted by atomic mass is 10.0. The maximum atomic E-state index is 13.3. The summed E-state index contributed by atoms with van der Waals surface area (Å²) in [6, 6.07) is 3.22. The molecular formula is C17H10F9NO2S. The fourth-order valence-electron chi connectivity index (χ4n) is 2.40. The first-order valence-electron chi connectivity index (χ1n) is 7.62. The van der Waals surface area contributed by atoms with E-state index in [1.807, 2.05) is 0 Å². The zero-order valence-electron chi connectivity index (χ0n) is 14.4. The molecular weight excluding hydrogens is 453 g/mol. The Morgan fingerprint density at radius 1 is 0.767 bits per heavy atom. The second kappa shape index (κ2) is 7.52. The van der Waals surface area contributed by atoms with Crippen molar-refractivity contribution >= 4 is 21.8 Å². The van der Waals surface area contributed by atoms with Crippen molar-refractivity contribution in [3.8, 4) is 0 Å². The Kier molecular flexibility index (Phi) is 5.91. The Balaban J connectivity index is 2.81. The van der Waals surface area contributed by atoms with Crippen LogP contribution in [0.1, 0.15) is 22.3 Å². The number of hydrogen-bond donors (Lipinski definition) is 1. The van der Waals surface area contributed by atoms with E-state index in [1.165, 1.54) is 22.9 Å². The summed E-state index contributed by atoms with van der Waals surface area (Å²) in [4.78, 5) is -2.36. The largest absolute Gasteiger partial charge is 0.417 e. The van der Waals surface area contributed by atoms with E-state index < -0.39 is 68.0 Å². The third-order valence-corrected chi connectivity index (χ3v) is 5.18. The molecule has 0 aliphatic heterocycles. The first-order valence-corrected chi connectivity index (χ1v) is 9.10. The van der Waals surface area contributed by atoms with Crippen molar-refractivity contribution in [3.63, 3.8) is 0 Å². The second-order valence-corrected chi connectivity index (χ2v) is 7.44. The van der Waals surface area contributed by atoms with Crippen LogP contribution in [0.3, 0.4) is 0 Å². The minimum absolute atomic E-state index is 0.415. The van der Waals surface area contributed by atoms with E-state index >= 15 is 0 Å². The highest BCUT2D eigenvalue weighted by Crippen LogP contribution is 2.45. The number of hydrogen-bond acceptors (Lipinski definition) is 2. The van der Waals surface area contributed by atoms with Gasteiger partial charge in [-0.15, -0.1) is 0 Å². The van der Waals surface area contributed by atoms with Gasteiger partial charge in [-0.3, -0.25) is 4.72 Å². The Morgan fingerprint density at radius 2 is 1.20 bits per heavy atom. The van der Waals surface area contributed by atoms with Gasteiger partial charge >= 0.3 is 18.5 Å². The first-order chi connectivity index (χ1) is 13.5. The topological polar surface area (TPSA) is 46.2 Å². The third kappa shape index (κ3) is 5.07. The molecule has 1 N–H and O–H groups in total. The number of alkyl halides is 9. The average molecular weight is 463 g/mol. The van der Waals surface area contributed by atoms with E-state index in [4.69, 9.17) is 0 Å². The third-order valence-electron chi connectivity index (χ3n) is 3.69. The molecule has 0 saturated carbocycles. The van der Waals surface area contributed by atoms with Crippen molar-refractivity contribution < 1.29 is 47.9 Å². The Hall–Kier alpha value is -2.70. The molecule has 0 aromatic heterocycles. The molecule has 0 spiro atoms. The molecule has 2 aromatic carbocycles. The lowest BCUT2D eigenvalue weighted by Crippen LogP contribution is -2.25. The standard InChI is InChI=1S/C17H10F9NO2S/c1-2-9-3-5-11(6-4-9)27-30(28,29)14-12(16(21,22)23)7-10(15(18,19)20)8-13(14)17(24,25)26/h2-8,27H,1H2. The minimum atomic E-state index is -5.84. The van der Waals surface area contributed by atoms with Crippen molar-refractivity contribution in [2.75, 3.05) is 4.72 Å². The summed E-state index contributed by atoms with van der Waals surface area (Å²) in [6.45, 7) is 3.41. The molecule has 0 amide bonds. The highest BCUT2D eigenvalue weighted by Gasteiger charge is 2.48. The molecule has 0 unspecified atom stereocenters. The van der Waals surface area contributed by atoms with Gasteiger partial charge in [-0.25, -0.2) is 8.42 Å². The predicted octanol–water partition coefficient (Wildman–Crippen LogP) is 6.19. The van der Waals surface area contributed by atoms with Crippen molar-refractivity contribution in [3.05, 3.63) is 65.2 Å². The molecule has 0 fully saturated rings. The fourth-order valence-corrected chi connectivity index (χ4v) is 3.87. The zero-order valence-corrected chi connectivity index (χ0v) is 15.2. The first kappa shape index (κ1) is 23.6. The molecule has 0 heterocycles. The molecule has 30 heavy (non-hydrogen) atoms. The van der Waals surface area contributed by atoms with Gasteiger partial charge in [0.25, 0.3) is 10.0 Å². The van der Waals surface area contributed by atoms with Crippen LogP contribution in [0.5, 0.6) is 0 Å². The van der Waals surface area contributed by atoms with E-state index in [2.05, 4.69) is 6.58 Å². The van der Waals surface area contributed by atoms with Crippen LogP contribution in [-0.2, 0) is 28.6 Å². The zero-order chi connectivity index (χ0) is 23.1. The molecule has 3 nitrogen and oxygen atoms in total. The van der Waals surface area contributed by atoms with Gasteiger partial charge in [-0.05, 0) is 29.8 Å². The lowest BCUT2D eigenvalue weighted by molar-refractivity contribution is -0.152. The molecule has 0 saturated heterocycles. The molecule has 13 heteroatoms. The summed E-state index contributed by atoms with van der Waals surface area (Å²) < 4.78 is 145. The Bertz CT molecular complexity index is 1020. The van der Waals surface area contributed by atoms with Gasteiger partial charge in [0.1, 0.15) is 4.90 Å². The highest BCUT2D eigenvalue weighted by molar-refractivity contribution is 7.92. The van der Waals surface area contributed by atoms with Gasteiger partial charge in [0.2, 0.25) is 0 Å². The van der Waals surface area contributed by atoms with Gasteiger partial charge in [-0.1, -0.05) is 24.8 Å². The van der Waals surface area contributed by atoms with Crippen LogP contribution in [0.25, 0.3) is 6.08 Å². The van der Waals surface area contributed by atoms with Crippen molar-refractivity contribution in [1.82, 2.24) is 0 Å². The number of benzene rings is 2. The van der Waals surface area contributed by atoms with Crippen LogP contribution >= 0.6 is 0 Å². The summed E-state index contributed by atoms with van der Waals surface area (Å²) in [7, 11) is -5.61. The van der Waals surface area contributed by atoms with Crippen LogP contribution < -0.4 is 4.72 Å². The van der Waals surface area contributed by atoms with E-state index in [1.54, 1.807) is 0 Å². The molecule has 0 radical (unpaired) electrons. The van der Waals surface area contributed by atoms with E-state index in [9.17, 15) is 47.9 Å².